The Morgan fingerprint density at radius 2 is 2.25 bits per heavy atom. The van der Waals surface area contributed by atoms with Crippen LogP contribution in [0.3, 0.4) is 0 Å². The lowest BCUT2D eigenvalue weighted by atomic mass is 10.1. The minimum absolute atomic E-state index is 0.0322. The molecule has 24 heavy (non-hydrogen) atoms. The van der Waals surface area contributed by atoms with Gasteiger partial charge in [0.05, 0.1) is 23.2 Å². The molecule has 1 aliphatic heterocycles. The van der Waals surface area contributed by atoms with E-state index in [2.05, 4.69) is 25.1 Å². The zero-order chi connectivity index (χ0) is 16.5. The Morgan fingerprint density at radius 1 is 1.33 bits per heavy atom. The summed E-state index contributed by atoms with van der Waals surface area (Å²) in [4.78, 5) is 27.6. The van der Waals surface area contributed by atoms with Gasteiger partial charge < -0.3 is 9.64 Å². The lowest BCUT2D eigenvalue weighted by molar-refractivity contribution is 0.0686. The molecule has 1 fully saturated rings. The molecule has 8 nitrogen and oxygen atoms in total. The molecule has 1 amide bonds. The topological polar surface area (TPSA) is 96.9 Å². The average molecular weight is 324 g/mol. The zero-order valence-corrected chi connectivity index (χ0v) is 13.1. The third-order valence-electron chi connectivity index (χ3n) is 4.38. The maximum Gasteiger partial charge on any atom is 0.255 e. The average Bonchev–Trinajstić information content (AvgIpc) is 3.29. The van der Waals surface area contributed by atoms with Gasteiger partial charge in [0.1, 0.15) is 12.2 Å². The smallest absolute Gasteiger partial charge is 0.255 e. The number of carbonyl (C=O) groups excluding carboxylic acids is 1. The number of aromatic amines is 1. The summed E-state index contributed by atoms with van der Waals surface area (Å²) in [7, 11) is 1.65. The minimum Gasteiger partial charge on any atom is -0.380 e. The first kappa shape index (κ1) is 14.7. The van der Waals surface area contributed by atoms with Crippen molar-refractivity contribution < 1.29 is 9.53 Å². The zero-order valence-electron chi connectivity index (χ0n) is 13.1. The predicted octanol–water partition coefficient (Wildman–Crippen LogP) is 1.35. The van der Waals surface area contributed by atoms with Gasteiger partial charge in [0.25, 0.3) is 5.91 Å². The summed E-state index contributed by atoms with van der Waals surface area (Å²) in [5, 5.41) is 7.50. The fourth-order valence-corrected chi connectivity index (χ4v) is 3.16. The van der Waals surface area contributed by atoms with Crippen LogP contribution in [0.2, 0.25) is 0 Å². The lowest BCUT2D eigenvalue weighted by Gasteiger charge is -2.23. The monoisotopic (exact) mass is 324 g/mol. The van der Waals surface area contributed by atoms with E-state index < -0.39 is 0 Å². The molecule has 1 saturated heterocycles. The molecule has 8 heteroatoms. The van der Waals surface area contributed by atoms with Crippen LogP contribution in [-0.2, 0) is 4.74 Å². The Balaban J connectivity index is 1.74. The van der Waals surface area contributed by atoms with E-state index in [-0.39, 0.29) is 18.1 Å². The lowest BCUT2D eigenvalue weighted by Crippen LogP contribution is -2.32. The highest BCUT2D eigenvalue weighted by atomic mass is 16.5. The highest BCUT2D eigenvalue weighted by Gasteiger charge is 2.38. The molecule has 1 aliphatic rings. The third-order valence-corrected chi connectivity index (χ3v) is 4.38. The number of H-pyrrole nitrogens is 1. The van der Waals surface area contributed by atoms with Crippen molar-refractivity contribution in [3.05, 3.63) is 48.4 Å². The number of ether oxygens (including phenoxy) is 1. The molecule has 0 unspecified atom stereocenters. The van der Waals surface area contributed by atoms with Gasteiger partial charge in [-0.05, 0) is 12.1 Å². The quantitative estimate of drug-likeness (QED) is 0.781. The SMILES string of the molecule is CO[C@@H]1C[C@@H](c2ncn[nH]2)N(C(=O)c2ccnc3ccncc23)C1. The van der Waals surface area contributed by atoms with Gasteiger partial charge in [-0.1, -0.05) is 0 Å². The van der Waals surface area contributed by atoms with Crippen LogP contribution in [0.1, 0.15) is 28.6 Å². The van der Waals surface area contributed by atoms with Crippen LogP contribution >= 0.6 is 0 Å². The summed E-state index contributed by atoms with van der Waals surface area (Å²) in [6.07, 6.45) is 7.07. The van der Waals surface area contributed by atoms with E-state index in [0.717, 1.165) is 10.9 Å². The Hall–Kier alpha value is -2.87. The van der Waals surface area contributed by atoms with Crippen molar-refractivity contribution in [3.8, 4) is 0 Å². The fraction of sp³-hybridized carbons (Fsp3) is 0.312. The van der Waals surface area contributed by atoms with Crippen LogP contribution in [0.5, 0.6) is 0 Å². The van der Waals surface area contributed by atoms with Crippen LogP contribution < -0.4 is 0 Å². The van der Waals surface area contributed by atoms with Gasteiger partial charge in [0.2, 0.25) is 0 Å². The standard InChI is InChI=1S/C16H16N6O2/c1-24-10-6-14(15-19-9-20-21-15)22(8-10)16(23)11-2-5-18-13-3-4-17-7-12(11)13/h2-5,7,9-10,14H,6,8H2,1H3,(H,19,20,21)/t10-,14+/m1/s1. The molecule has 1 N–H and O–H groups in total. The van der Waals surface area contributed by atoms with Gasteiger partial charge in [-0.25, -0.2) is 4.98 Å². The molecule has 0 saturated carbocycles. The molecule has 0 aromatic carbocycles. The summed E-state index contributed by atoms with van der Waals surface area (Å²) >= 11 is 0. The van der Waals surface area contributed by atoms with Crippen molar-refractivity contribution >= 4 is 16.8 Å². The summed E-state index contributed by atoms with van der Waals surface area (Å²) in [5.74, 6) is 0.579. The van der Waals surface area contributed by atoms with Gasteiger partial charge in [0.15, 0.2) is 0 Å². The number of methoxy groups -OCH3 is 1. The van der Waals surface area contributed by atoms with E-state index >= 15 is 0 Å². The van der Waals surface area contributed by atoms with E-state index in [1.54, 1.807) is 42.7 Å². The molecule has 0 radical (unpaired) electrons. The van der Waals surface area contributed by atoms with E-state index in [9.17, 15) is 4.79 Å². The molecule has 2 atom stereocenters. The van der Waals surface area contributed by atoms with Crippen molar-refractivity contribution in [2.24, 2.45) is 0 Å². The maximum atomic E-state index is 13.2. The van der Waals surface area contributed by atoms with Crippen LogP contribution in [0.25, 0.3) is 10.9 Å². The Labute approximate surface area is 137 Å². The van der Waals surface area contributed by atoms with E-state index in [4.69, 9.17) is 4.74 Å². The van der Waals surface area contributed by atoms with Gasteiger partial charge in [-0.15, -0.1) is 0 Å². The number of hydrogen-bond acceptors (Lipinski definition) is 6. The molecule has 3 aromatic heterocycles. The Morgan fingerprint density at radius 3 is 3.04 bits per heavy atom. The summed E-state index contributed by atoms with van der Waals surface area (Å²) < 4.78 is 5.46. The van der Waals surface area contributed by atoms with Crippen molar-refractivity contribution in [2.75, 3.05) is 13.7 Å². The van der Waals surface area contributed by atoms with E-state index in [1.807, 2.05) is 0 Å². The number of nitrogens with zero attached hydrogens (tertiary/aromatic N) is 5. The van der Waals surface area contributed by atoms with E-state index in [0.29, 0.717) is 24.4 Å². The van der Waals surface area contributed by atoms with Crippen molar-refractivity contribution in [1.29, 1.82) is 0 Å². The van der Waals surface area contributed by atoms with Crippen LogP contribution in [0, 0.1) is 0 Å². The minimum atomic E-state index is -0.190. The summed E-state index contributed by atoms with van der Waals surface area (Å²) in [6.45, 7) is 0.505. The van der Waals surface area contributed by atoms with E-state index in [1.165, 1.54) is 6.33 Å². The van der Waals surface area contributed by atoms with Crippen LogP contribution in [0.4, 0.5) is 0 Å². The number of amides is 1. The highest BCUT2D eigenvalue weighted by Crippen LogP contribution is 2.33. The molecule has 4 heterocycles. The molecule has 3 aromatic rings. The first-order valence-electron chi connectivity index (χ1n) is 7.65. The number of pyridine rings is 2. The summed E-state index contributed by atoms with van der Waals surface area (Å²) in [5.41, 5.74) is 1.32. The molecular weight excluding hydrogens is 308 g/mol. The molecule has 0 aliphatic carbocycles. The van der Waals surface area contributed by atoms with Crippen molar-refractivity contribution in [1.82, 2.24) is 30.0 Å². The largest absolute Gasteiger partial charge is 0.380 e. The highest BCUT2D eigenvalue weighted by molar-refractivity contribution is 6.05. The number of hydrogen-bond donors (Lipinski definition) is 1. The second kappa shape index (κ2) is 5.97. The van der Waals surface area contributed by atoms with Crippen molar-refractivity contribution in [3.63, 3.8) is 0 Å². The summed E-state index contributed by atoms with van der Waals surface area (Å²) in [6, 6.07) is 3.33. The second-order valence-corrected chi connectivity index (χ2v) is 5.69. The molecule has 122 valence electrons. The molecule has 0 spiro atoms. The molecule has 4 rings (SSSR count). The fourth-order valence-electron chi connectivity index (χ4n) is 3.16. The Bertz CT molecular complexity index is 861. The van der Waals surface area contributed by atoms with Gasteiger partial charge in [-0.3, -0.25) is 19.9 Å². The van der Waals surface area contributed by atoms with Crippen LogP contribution in [-0.4, -0.2) is 55.7 Å². The van der Waals surface area contributed by atoms with Gasteiger partial charge >= 0.3 is 0 Å². The Kier molecular flexibility index (Phi) is 3.66. The predicted molar refractivity (Wildman–Crippen MR) is 85.1 cm³/mol. The normalized spacial score (nSPS) is 20.6. The molecular formula is C16H16N6O2. The first-order valence-corrected chi connectivity index (χ1v) is 7.65. The second-order valence-electron chi connectivity index (χ2n) is 5.69. The third kappa shape index (κ3) is 2.41. The van der Waals surface area contributed by atoms with Crippen molar-refractivity contribution in [2.45, 2.75) is 18.6 Å². The number of aromatic nitrogens is 5. The maximum absolute atomic E-state index is 13.2. The van der Waals surface area contributed by atoms with Crippen LogP contribution in [0.15, 0.2) is 37.1 Å². The van der Waals surface area contributed by atoms with Gasteiger partial charge in [0, 0.05) is 44.1 Å². The van der Waals surface area contributed by atoms with Gasteiger partial charge in [-0.2, -0.15) is 5.10 Å². The number of nitrogens with one attached hydrogen (secondary N) is 1. The number of rotatable bonds is 3. The number of carbonyl (C=O) groups is 1. The first-order chi connectivity index (χ1) is 11.8. The number of fused-ring (bicyclic) bond motifs is 1. The molecule has 0 bridgehead atoms. The number of likely N-dealkylation sites (tertiary alicyclic amines) is 1.